The maximum absolute atomic E-state index is 13.3. The molecule has 3 aromatic rings. The van der Waals surface area contributed by atoms with E-state index in [0.29, 0.717) is 52.8 Å². The van der Waals surface area contributed by atoms with Crippen molar-refractivity contribution in [1.82, 2.24) is 4.57 Å². The molecule has 0 fully saturated rings. The highest BCUT2D eigenvalue weighted by Gasteiger charge is 2.20. The number of hydrogen-bond acceptors (Lipinski definition) is 9. The van der Waals surface area contributed by atoms with E-state index in [-0.39, 0.29) is 23.5 Å². The number of methoxy groups -OCH3 is 1. The lowest BCUT2D eigenvalue weighted by Gasteiger charge is -2.16. The summed E-state index contributed by atoms with van der Waals surface area (Å²) in [6.07, 6.45) is 0. The SMILES string of the molecule is CCOC(=O)c1ccc2c(c1)sc(=NC(=O)c1cc(OCC)c(OCC)c(OCC)c1)n2CC(=O)OC. The van der Waals surface area contributed by atoms with Crippen LogP contribution >= 0.6 is 11.3 Å². The number of rotatable bonds is 11. The number of nitrogens with zero attached hydrogens (tertiary/aromatic N) is 2. The molecule has 1 amide bonds. The zero-order chi connectivity index (χ0) is 26.9. The maximum Gasteiger partial charge on any atom is 0.338 e. The zero-order valence-corrected chi connectivity index (χ0v) is 22.3. The predicted octanol–water partition coefficient (Wildman–Crippen LogP) is 3.99. The van der Waals surface area contributed by atoms with Crippen molar-refractivity contribution in [3.8, 4) is 17.2 Å². The van der Waals surface area contributed by atoms with E-state index in [1.807, 2.05) is 20.8 Å². The van der Waals surface area contributed by atoms with Gasteiger partial charge in [0.05, 0.1) is 49.3 Å². The zero-order valence-electron chi connectivity index (χ0n) is 21.5. The molecule has 3 rings (SSSR count). The minimum Gasteiger partial charge on any atom is -0.490 e. The average molecular weight is 531 g/mol. The molecule has 0 radical (unpaired) electrons. The molecule has 2 aromatic carbocycles. The van der Waals surface area contributed by atoms with Gasteiger partial charge in [-0.25, -0.2) is 4.79 Å². The normalized spacial score (nSPS) is 11.3. The van der Waals surface area contributed by atoms with Crippen LogP contribution in [0.1, 0.15) is 48.4 Å². The second-order valence-corrected chi connectivity index (χ2v) is 8.48. The number of carbonyl (C=O) groups is 3. The number of aromatic nitrogens is 1. The van der Waals surface area contributed by atoms with Crippen LogP contribution in [0.25, 0.3) is 10.2 Å². The number of thiazole rings is 1. The van der Waals surface area contributed by atoms with Gasteiger partial charge in [0.2, 0.25) is 5.75 Å². The molecule has 10 nitrogen and oxygen atoms in total. The van der Waals surface area contributed by atoms with Crippen LogP contribution in [0.5, 0.6) is 17.2 Å². The summed E-state index contributed by atoms with van der Waals surface area (Å²) in [5.41, 5.74) is 1.20. The number of hydrogen-bond donors (Lipinski definition) is 0. The van der Waals surface area contributed by atoms with Crippen molar-refractivity contribution in [2.45, 2.75) is 34.2 Å². The summed E-state index contributed by atoms with van der Waals surface area (Å²) in [5.74, 6) is -0.398. The first kappa shape index (κ1) is 27.7. The van der Waals surface area contributed by atoms with Crippen LogP contribution in [0.4, 0.5) is 0 Å². The third-order valence-electron chi connectivity index (χ3n) is 5.06. The van der Waals surface area contributed by atoms with Crippen molar-refractivity contribution >= 4 is 39.4 Å². The van der Waals surface area contributed by atoms with Gasteiger partial charge in [-0.1, -0.05) is 11.3 Å². The largest absolute Gasteiger partial charge is 0.490 e. The molecule has 0 saturated heterocycles. The molecular weight excluding hydrogens is 500 g/mol. The lowest BCUT2D eigenvalue weighted by molar-refractivity contribution is -0.141. The highest BCUT2D eigenvalue weighted by molar-refractivity contribution is 7.16. The smallest absolute Gasteiger partial charge is 0.338 e. The van der Waals surface area contributed by atoms with Crippen LogP contribution in [0, 0.1) is 0 Å². The summed E-state index contributed by atoms with van der Waals surface area (Å²) >= 11 is 1.16. The molecule has 1 heterocycles. The predicted molar refractivity (Wildman–Crippen MR) is 138 cm³/mol. The van der Waals surface area contributed by atoms with E-state index in [1.165, 1.54) is 7.11 Å². The lowest BCUT2D eigenvalue weighted by Crippen LogP contribution is -2.22. The minimum absolute atomic E-state index is 0.168. The fraction of sp³-hybridized carbons (Fsp3) is 0.385. The number of amides is 1. The van der Waals surface area contributed by atoms with Gasteiger partial charge in [-0.2, -0.15) is 4.99 Å². The van der Waals surface area contributed by atoms with Gasteiger partial charge in [-0.3, -0.25) is 9.59 Å². The second kappa shape index (κ2) is 12.9. The highest BCUT2D eigenvalue weighted by atomic mass is 32.1. The Bertz CT molecular complexity index is 1330. The first-order valence-electron chi connectivity index (χ1n) is 11.9. The van der Waals surface area contributed by atoms with Crippen molar-refractivity contribution in [1.29, 1.82) is 0 Å². The number of carbonyl (C=O) groups excluding carboxylic acids is 3. The van der Waals surface area contributed by atoms with Crippen molar-refractivity contribution < 1.29 is 38.1 Å². The minimum atomic E-state index is -0.569. The standard InChI is InChI=1S/C26H30N2O8S/c1-6-33-19-12-17(13-20(34-7-2)23(19)35-8-3)24(30)27-26-28(15-22(29)32-5)18-11-10-16(14-21(18)37-26)25(31)36-9-4/h10-14H,6-9,15H2,1-5H3. The van der Waals surface area contributed by atoms with Crippen LogP contribution < -0.4 is 19.0 Å². The van der Waals surface area contributed by atoms with Crippen molar-refractivity contribution in [2.75, 3.05) is 33.5 Å². The summed E-state index contributed by atoms with van der Waals surface area (Å²) in [5, 5.41) is 0. The van der Waals surface area contributed by atoms with E-state index in [4.69, 9.17) is 23.7 Å². The number of ether oxygens (including phenoxy) is 5. The van der Waals surface area contributed by atoms with Gasteiger partial charge >= 0.3 is 11.9 Å². The van der Waals surface area contributed by atoms with Crippen molar-refractivity contribution in [2.24, 2.45) is 4.99 Å². The summed E-state index contributed by atoms with van der Waals surface area (Å²) in [4.78, 5) is 42.2. The molecule has 0 unspecified atom stereocenters. The van der Waals surface area contributed by atoms with Gasteiger partial charge in [0.25, 0.3) is 5.91 Å². The Labute approximate surface area is 218 Å². The molecule has 0 saturated carbocycles. The molecule has 1 aromatic heterocycles. The van der Waals surface area contributed by atoms with Gasteiger partial charge in [-0.15, -0.1) is 0 Å². The first-order valence-corrected chi connectivity index (χ1v) is 12.7. The fourth-order valence-electron chi connectivity index (χ4n) is 3.51. The summed E-state index contributed by atoms with van der Waals surface area (Å²) < 4.78 is 29.2. The Hall–Kier alpha value is -3.86. The van der Waals surface area contributed by atoms with E-state index in [9.17, 15) is 14.4 Å². The Morgan fingerprint density at radius 2 is 1.51 bits per heavy atom. The lowest BCUT2D eigenvalue weighted by atomic mass is 10.1. The maximum atomic E-state index is 13.3. The van der Waals surface area contributed by atoms with Crippen LogP contribution in [-0.2, 0) is 20.8 Å². The molecule has 0 aliphatic carbocycles. The molecular formula is C26H30N2O8S. The molecule has 198 valence electrons. The molecule has 0 aliphatic heterocycles. The van der Waals surface area contributed by atoms with Gasteiger partial charge in [-0.05, 0) is 58.0 Å². The highest BCUT2D eigenvalue weighted by Crippen LogP contribution is 2.39. The van der Waals surface area contributed by atoms with Crippen LogP contribution in [0.2, 0.25) is 0 Å². The second-order valence-electron chi connectivity index (χ2n) is 7.47. The van der Waals surface area contributed by atoms with Crippen molar-refractivity contribution in [3.05, 3.63) is 46.3 Å². The van der Waals surface area contributed by atoms with E-state index in [1.54, 1.807) is 41.8 Å². The van der Waals surface area contributed by atoms with Gasteiger partial charge < -0.3 is 28.3 Å². The summed E-state index contributed by atoms with van der Waals surface area (Å²) in [6, 6.07) is 8.04. The summed E-state index contributed by atoms with van der Waals surface area (Å²) in [6.45, 7) is 8.41. The molecule has 0 N–H and O–H groups in total. The Morgan fingerprint density at radius 1 is 0.865 bits per heavy atom. The van der Waals surface area contributed by atoms with Crippen LogP contribution in [0.3, 0.4) is 0 Å². The van der Waals surface area contributed by atoms with Gasteiger partial charge in [0.15, 0.2) is 16.3 Å². The Balaban J connectivity index is 2.15. The molecule has 0 spiro atoms. The molecule has 0 atom stereocenters. The van der Waals surface area contributed by atoms with Gasteiger partial charge in [0.1, 0.15) is 6.54 Å². The van der Waals surface area contributed by atoms with Crippen LogP contribution in [-0.4, -0.2) is 56.0 Å². The van der Waals surface area contributed by atoms with Crippen LogP contribution in [0.15, 0.2) is 35.3 Å². The number of esters is 2. The van der Waals surface area contributed by atoms with E-state index < -0.39 is 17.8 Å². The molecule has 0 aliphatic rings. The molecule has 37 heavy (non-hydrogen) atoms. The van der Waals surface area contributed by atoms with Gasteiger partial charge in [0, 0.05) is 5.56 Å². The van der Waals surface area contributed by atoms with Crippen molar-refractivity contribution in [3.63, 3.8) is 0 Å². The molecule has 11 heteroatoms. The third kappa shape index (κ3) is 6.48. The monoisotopic (exact) mass is 530 g/mol. The summed E-state index contributed by atoms with van der Waals surface area (Å²) in [7, 11) is 1.28. The third-order valence-corrected chi connectivity index (χ3v) is 6.10. The topological polar surface area (TPSA) is 115 Å². The Kier molecular flexibility index (Phi) is 9.67. The number of fused-ring (bicyclic) bond motifs is 1. The first-order chi connectivity index (χ1) is 17.9. The van der Waals surface area contributed by atoms with E-state index in [0.717, 1.165) is 11.3 Å². The van der Waals surface area contributed by atoms with E-state index in [2.05, 4.69) is 4.99 Å². The number of benzene rings is 2. The quantitative estimate of drug-likeness (QED) is 0.342. The molecule has 0 bridgehead atoms. The average Bonchev–Trinajstić information content (AvgIpc) is 3.21. The fourth-order valence-corrected chi connectivity index (χ4v) is 4.58. The Morgan fingerprint density at radius 3 is 2.08 bits per heavy atom. The van der Waals surface area contributed by atoms with E-state index >= 15 is 0 Å².